The van der Waals surface area contributed by atoms with Gasteiger partial charge in [-0.1, -0.05) is 0 Å². The number of nitrogens with zero attached hydrogens (tertiary/aromatic N) is 4. The zero-order valence-corrected chi connectivity index (χ0v) is 10.3. The first-order valence-corrected chi connectivity index (χ1v) is 6.18. The van der Waals surface area contributed by atoms with E-state index in [0.717, 1.165) is 12.8 Å². The molecule has 19 heavy (non-hydrogen) atoms. The van der Waals surface area contributed by atoms with Gasteiger partial charge in [0.15, 0.2) is 12.4 Å². The van der Waals surface area contributed by atoms with E-state index in [4.69, 9.17) is 5.11 Å². The Morgan fingerprint density at radius 2 is 2.32 bits per heavy atom. The predicted octanol–water partition coefficient (Wildman–Crippen LogP) is 0.466. The smallest absolute Gasteiger partial charge is 0.407 e. The third-order valence-electron chi connectivity index (χ3n) is 3.54. The molecule has 0 spiro atoms. The third-order valence-corrected chi connectivity index (χ3v) is 3.54. The molecular formula is C12H14N4O3+. The van der Waals surface area contributed by atoms with Gasteiger partial charge in [-0.2, -0.15) is 4.99 Å². The normalized spacial score (nSPS) is 26.6. The van der Waals surface area contributed by atoms with Crippen LogP contribution in [0.5, 0.6) is 0 Å². The number of amidine groups is 1. The van der Waals surface area contributed by atoms with E-state index in [1.54, 1.807) is 34.6 Å². The topological polar surface area (TPSA) is 79.1 Å². The summed E-state index contributed by atoms with van der Waals surface area (Å²) in [6, 6.07) is -0.112. The van der Waals surface area contributed by atoms with Crippen molar-refractivity contribution in [1.82, 2.24) is 14.7 Å². The van der Waals surface area contributed by atoms with Crippen molar-refractivity contribution < 1.29 is 14.7 Å². The average Bonchev–Trinajstić information content (AvgIpc) is 2.88. The highest BCUT2D eigenvalue weighted by Crippen LogP contribution is 2.20. The second-order valence-electron chi connectivity index (χ2n) is 4.69. The highest BCUT2D eigenvalue weighted by atomic mass is 16.4. The molecule has 3 aliphatic rings. The average molecular weight is 262 g/mol. The van der Waals surface area contributed by atoms with Crippen LogP contribution < -0.4 is 4.90 Å². The molecule has 1 fully saturated rings. The Morgan fingerprint density at radius 3 is 3.11 bits per heavy atom. The van der Waals surface area contributed by atoms with E-state index in [2.05, 4.69) is 4.99 Å². The summed E-state index contributed by atoms with van der Waals surface area (Å²) in [5, 5.41) is 9.03. The number of carbonyl (C=O) groups is 2. The quantitative estimate of drug-likeness (QED) is 0.697. The molecule has 7 nitrogen and oxygen atoms in total. The maximum absolute atomic E-state index is 12.3. The fourth-order valence-corrected chi connectivity index (χ4v) is 2.57. The van der Waals surface area contributed by atoms with Crippen LogP contribution >= 0.6 is 0 Å². The number of likely N-dealkylation sites (tertiary alicyclic amines) is 1. The number of amides is 2. The molecule has 0 bridgehead atoms. The van der Waals surface area contributed by atoms with E-state index >= 15 is 0 Å². The lowest BCUT2D eigenvalue weighted by Crippen LogP contribution is -2.54. The molecule has 0 aromatic heterocycles. The van der Waals surface area contributed by atoms with Gasteiger partial charge in [-0.3, -0.25) is 9.69 Å². The van der Waals surface area contributed by atoms with Gasteiger partial charge in [0, 0.05) is 13.1 Å². The molecule has 3 heterocycles. The van der Waals surface area contributed by atoms with Crippen LogP contribution in [-0.2, 0) is 4.79 Å². The Balaban J connectivity index is 1.77. The monoisotopic (exact) mass is 262 g/mol. The van der Waals surface area contributed by atoms with Crippen LogP contribution in [0.3, 0.4) is 0 Å². The lowest BCUT2D eigenvalue weighted by molar-refractivity contribution is -0.125. The summed E-state index contributed by atoms with van der Waals surface area (Å²) in [4.78, 5) is 31.9. The van der Waals surface area contributed by atoms with Crippen molar-refractivity contribution in [2.75, 3.05) is 13.1 Å². The van der Waals surface area contributed by atoms with Crippen LogP contribution in [-0.4, -0.2) is 51.9 Å². The Kier molecular flexibility index (Phi) is 2.83. The van der Waals surface area contributed by atoms with Gasteiger partial charge in [-0.05, 0) is 17.7 Å². The minimum atomic E-state index is -0.931. The molecule has 1 unspecified atom stereocenters. The second-order valence-corrected chi connectivity index (χ2v) is 4.69. The van der Waals surface area contributed by atoms with E-state index in [9.17, 15) is 9.59 Å². The Hall–Kier alpha value is -2.15. The minimum Gasteiger partial charge on any atom is -0.465 e. The van der Waals surface area contributed by atoms with Gasteiger partial charge in [-0.25, -0.2) is 4.79 Å². The lowest BCUT2D eigenvalue weighted by atomic mass is 10.0. The van der Waals surface area contributed by atoms with E-state index in [1.165, 1.54) is 4.90 Å². The lowest BCUT2D eigenvalue weighted by Gasteiger charge is -2.36. The number of fused-ring (bicyclic) bond motifs is 1. The molecular weight excluding hydrogens is 248 g/mol. The highest BCUT2D eigenvalue weighted by Gasteiger charge is 2.41. The molecule has 1 radical (unpaired) electrons. The van der Waals surface area contributed by atoms with Crippen molar-refractivity contribution in [3.05, 3.63) is 24.8 Å². The largest absolute Gasteiger partial charge is 0.465 e. The summed E-state index contributed by atoms with van der Waals surface area (Å²) < 4.78 is 0. The molecule has 1 N–H and O–H groups in total. The second kappa shape index (κ2) is 4.51. The van der Waals surface area contributed by atoms with Gasteiger partial charge in [0.05, 0.1) is 18.4 Å². The fraction of sp³-hybridized carbons (Fsp3) is 0.417. The third kappa shape index (κ3) is 2.01. The Morgan fingerprint density at radius 1 is 1.47 bits per heavy atom. The van der Waals surface area contributed by atoms with Gasteiger partial charge in [-0.15, -0.1) is 0 Å². The summed E-state index contributed by atoms with van der Waals surface area (Å²) in [5.74, 6) is 0.194. The van der Waals surface area contributed by atoms with Crippen LogP contribution in [0.1, 0.15) is 12.8 Å². The van der Waals surface area contributed by atoms with Crippen LogP contribution in [0, 0.1) is 0 Å². The molecule has 2 amide bonds. The fourth-order valence-electron chi connectivity index (χ4n) is 2.57. The van der Waals surface area contributed by atoms with Gasteiger partial charge in [0.1, 0.15) is 0 Å². The first-order valence-electron chi connectivity index (χ1n) is 6.18. The number of rotatable bonds is 1. The maximum Gasteiger partial charge on any atom is 0.407 e. The van der Waals surface area contributed by atoms with Gasteiger partial charge in [0.25, 0.3) is 0 Å². The molecule has 0 aliphatic carbocycles. The SMILES string of the molecule is O=C(O)N1CCCC(N2C=C[N+]3C=CN=C3C2=O)C1. The van der Waals surface area contributed by atoms with Crippen LogP contribution in [0.15, 0.2) is 29.8 Å². The molecule has 1 saturated heterocycles. The van der Waals surface area contributed by atoms with E-state index in [-0.39, 0.29) is 11.9 Å². The molecule has 1 atom stereocenters. The zero-order chi connectivity index (χ0) is 13.4. The van der Waals surface area contributed by atoms with Gasteiger partial charge < -0.3 is 10.0 Å². The van der Waals surface area contributed by atoms with Crippen molar-refractivity contribution in [3.63, 3.8) is 0 Å². The van der Waals surface area contributed by atoms with Crippen molar-refractivity contribution >= 4 is 17.8 Å². The summed E-state index contributed by atoms with van der Waals surface area (Å²) in [7, 11) is 0. The summed E-state index contributed by atoms with van der Waals surface area (Å²) >= 11 is 0. The number of aliphatic imine (C=N–C) groups is 1. The number of piperidine rings is 1. The zero-order valence-electron chi connectivity index (χ0n) is 10.3. The van der Waals surface area contributed by atoms with E-state index < -0.39 is 6.09 Å². The number of carbonyl (C=O) groups excluding carboxylic acids is 1. The number of carboxylic acid groups (broad SMARTS) is 1. The summed E-state index contributed by atoms with van der Waals surface area (Å²) in [6.45, 7) is 0.887. The van der Waals surface area contributed by atoms with Crippen molar-refractivity contribution in [2.45, 2.75) is 18.9 Å². The van der Waals surface area contributed by atoms with Gasteiger partial charge >= 0.3 is 17.8 Å². The van der Waals surface area contributed by atoms with E-state index in [1.807, 2.05) is 0 Å². The number of hydrogen-bond acceptors (Lipinski definition) is 4. The molecule has 3 aliphatic heterocycles. The van der Waals surface area contributed by atoms with Crippen LogP contribution in [0.2, 0.25) is 0 Å². The first kappa shape index (κ1) is 11.9. The standard InChI is InChI=1S/C12H14N4O3/c17-11-10-13-3-5-14(10)6-7-16(11)9-2-1-4-15(8-9)12(18)19/h3,5-7,9H,1-2,4,8H2,(H,18,19)/q+1. The molecule has 0 aromatic carbocycles. The van der Waals surface area contributed by atoms with Gasteiger partial charge in [0.2, 0.25) is 0 Å². The van der Waals surface area contributed by atoms with Crippen molar-refractivity contribution in [3.8, 4) is 0 Å². The van der Waals surface area contributed by atoms with E-state index in [0.29, 0.717) is 18.9 Å². The Labute approximate surface area is 110 Å². The van der Waals surface area contributed by atoms with Crippen LogP contribution in [0.25, 0.3) is 0 Å². The molecule has 99 valence electrons. The molecule has 0 saturated carbocycles. The number of hydrogen-bond donors (Lipinski definition) is 1. The van der Waals surface area contributed by atoms with Crippen molar-refractivity contribution in [2.24, 2.45) is 4.99 Å². The minimum absolute atomic E-state index is 0.112. The summed E-state index contributed by atoms with van der Waals surface area (Å²) in [5.41, 5.74) is 0. The summed E-state index contributed by atoms with van der Waals surface area (Å²) in [6.07, 6.45) is 7.40. The Bertz CT molecular complexity index is 511. The molecule has 0 aromatic rings. The van der Waals surface area contributed by atoms with Crippen LogP contribution in [0.4, 0.5) is 4.79 Å². The molecule has 3 rings (SSSR count). The molecule has 7 heteroatoms. The predicted molar refractivity (Wildman–Crippen MR) is 67.3 cm³/mol. The highest BCUT2D eigenvalue weighted by molar-refractivity contribution is 6.40. The maximum atomic E-state index is 12.3. The first-order chi connectivity index (χ1) is 9.16. The van der Waals surface area contributed by atoms with Crippen molar-refractivity contribution in [1.29, 1.82) is 0 Å².